The fraction of sp³-hybridized carbons (Fsp3) is 1.00. The van der Waals surface area contributed by atoms with Crippen molar-refractivity contribution in [1.29, 1.82) is 0 Å². The van der Waals surface area contributed by atoms with Gasteiger partial charge in [-0.15, -0.1) is 9.24 Å². The Kier molecular flexibility index (Phi) is 2.07. The second-order valence-corrected chi connectivity index (χ2v) is 3.11. The molecule has 0 amide bonds. The van der Waals surface area contributed by atoms with Crippen molar-refractivity contribution < 1.29 is 10.2 Å². The fourth-order valence-electron chi connectivity index (χ4n) is 0.951. The molecule has 3 unspecified atom stereocenters. The molecule has 1 saturated heterocycles. The van der Waals surface area contributed by atoms with Crippen molar-refractivity contribution in [2.75, 3.05) is 13.1 Å². The minimum absolute atomic E-state index is 0.498. The molecule has 0 aromatic carbocycles. The van der Waals surface area contributed by atoms with Crippen LogP contribution in [0.1, 0.15) is 6.42 Å². The third-order valence-corrected chi connectivity index (χ3v) is 2.34. The van der Waals surface area contributed by atoms with E-state index in [0.717, 1.165) is 6.54 Å². The van der Waals surface area contributed by atoms with Gasteiger partial charge in [0.25, 0.3) is 0 Å². The summed E-state index contributed by atoms with van der Waals surface area (Å²) in [6.45, 7) is 1.29. The molecule has 0 spiro atoms. The van der Waals surface area contributed by atoms with Gasteiger partial charge >= 0.3 is 0 Å². The lowest BCUT2D eigenvalue weighted by Crippen LogP contribution is -2.40. The summed E-state index contributed by atoms with van der Waals surface area (Å²) in [6.07, 6.45) is 0.637. The molecular formula is C5H12NO2P. The highest BCUT2D eigenvalue weighted by Crippen LogP contribution is 2.22. The lowest BCUT2D eigenvalue weighted by Gasteiger charge is -2.23. The third kappa shape index (κ3) is 1.41. The number of hydrogen-bond donors (Lipinski definition) is 3. The van der Waals surface area contributed by atoms with Crippen LogP contribution in [0.3, 0.4) is 0 Å². The smallest absolute Gasteiger partial charge is 0.107 e. The van der Waals surface area contributed by atoms with Gasteiger partial charge in [-0.25, -0.2) is 0 Å². The zero-order valence-electron chi connectivity index (χ0n) is 5.17. The van der Waals surface area contributed by atoms with Gasteiger partial charge in [-0.2, -0.15) is 0 Å². The van der Waals surface area contributed by atoms with Crippen molar-refractivity contribution in [3.63, 3.8) is 0 Å². The molecule has 3 N–H and O–H groups in total. The molecule has 0 saturated carbocycles. The van der Waals surface area contributed by atoms with Gasteiger partial charge in [0, 0.05) is 6.54 Å². The number of aliphatic hydroxyl groups excluding tert-OH is 1. The average molecular weight is 149 g/mol. The van der Waals surface area contributed by atoms with Gasteiger partial charge in [0.15, 0.2) is 0 Å². The van der Waals surface area contributed by atoms with E-state index < -0.39 is 11.4 Å². The second kappa shape index (κ2) is 2.51. The fourth-order valence-corrected chi connectivity index (χ4v) is 1.24. The normalized spacial score (nSPS) is 39.0. The van der Waals surface area contributed by atoms with Gasteiger partial charge < -0.3 is 15.5 Å². The minimum Gasteiger partial charge on any atom is -0.386 e. The Morgan fingerprint density at radius 2 is 2.33 bits per heavy atom. The molecule has 1 rings (SSSR count). The summed E-state index contributed by atoms with van der Waals surface area (Å²) in [5.74, 6) is -0.701. The molecule has 0 radical (unpaired) electrons. The SMILES string of the molecule is OC(P)C1(O)CCNC1. The van der Waals surface area contributed by atoms with Crippen molar-refractivity contribution in [1.82, 2.24) is 5.32 Å². The van der Waals surface area contributed by atoms with Crippen LogP contribution in [0.25, 0.3) is 0 Å². The molecule has 0 aromatic rings. The summed E-state index contributed by atoms with van der Waals surface area (Å²) < 4.78 is 0. The van der Waals surface area contributed by atoms with Gasteiger partial charge in [-0.3, -0.25) is 0 Å². The van der Waals surface area contributed by atoms with E-state index in [4.69, 9.17) is 5.11 Å². The standard InChI is InChI=1S/C5H12NO2P/c7-4(9)5(8)1-2-6-3-5/h4,6-8H,1-3,9H2. The molecule has 0 aromatic heterocycles. The Hall–Kier alpha value is 0.310. The molecular weight excluding hydrogens is 137 g/mol. The number of β-amino-alcohol motifs (C(OH)–C–C–N with tert-alkyl or cyclic N) is 1. The zero-order valence-corrected chi connectivity index (χ0v) is 6.33. The molecule has 0 bridgehead atoms. The van der Waals surface area contributed by atoms with E-state index in [1.165, 1.54) is 0 Å². The van der Waals surface area contributed by atoms with Crippen LogP contribution in [0, 0.1) is 0 Å². The van der Waals surface area contributed by atoms with Crippen molar-refractivity contribution in [3.05, 3.63) is 0 Å². The van der Waals surface area contributed by atoms with Crippen LogP contribution in [-0.4, -0.2) is 34.7 Å². The third-order valence-electron chi connectivity index (χ3n) is 1.72. The van der Waals surface area contributed by atoms with E-state index in [0.29, 0.717) is 13.0 Å². The summed E-state index contributed by atoms with van der Waals surface area (Å²) in [5.41, 5.74) is -0.898. The Morgan fingerprint density at radius 1 is 1.67 bits per heavy atom. The number of rotatable bonds is 1. The lowest BCUT2D eigenvalue weighted by atomic mass is 10.1. The van der Waals surface area contributed by atoms with E-state index in [-0.39, 0.29) is 0 Å². The summed E-state index contributed by atoms with van der Waals surface area (Å²) >= 11 is 0. The van der Waals surface area contributed by atoms with Crippen molar-refractivity contribution >= 4 is 9.24 Å². The van der Waals surface area contributed by atoms with Crippen LogP contribution in [-0.2, 0) is 0 Å². The van der Waals surface area contributed by atoms with Gasteiger partial charge in [0.1, 0.15) is 5.60 Å². The van der Waals surface area contributed by atoms with E-state index in [2.05, 4.69) is 14.6 Å². The van der Waals surface area contributed by atoms with Gasteiger partial charge in [-0.1, -0.05) is 0 Å². The van der Waals surface area contributed by atoms with Crippen LogP contribution in [0.4, 0.5) is 0 Å². The molecule has 3 atom stereocenters. The molecule has 1 aliphatic rings. The predicted molar refractivity (Wildman–Crippen MR) is 38.2 cm³/mol. The van der Waals surface area contributed by atoms with E-state index >= 15 is 0 Å². The first-order chi connectivity index (χ1) is 4.15. The maximum Gasteiger partial charge on any atom is 0.107 e. The molecule has 1 aliphatic heterocycles. The number of aliphatic hydroxyl groups is 2. The van der Waals surface area contributed by atoms with Crippen LogP contribution < -0.4 is 5.32 Å². The van der Waals surface area contributed by atoms with Gasteiger partial charge in [0.2, 0.25) is 0 Å². The monoisotopic (exact) mass is 149 g/mol. The highest BCUT2D eigenvalue weighted by Gasteiger charge is 2.35. The topological polar surface area (TPSA) is 52.5 Å². The lowest BCUT2D eigenvalue weighted by molar-refractivity contribution is -0.0160. The van der Waals surface area contributed by atoms with Crippen LogP contribution in [0.15, 0.2) is 0 Å². The Morgan fingerprint density at radius 3 is 2.56 bits per heavy atom. The zero-order chi connectivity index (χ0) is 6.91. The summed E-state index contributed by atoms with van der Waals surface area (Å²) in [5, 5.41) is 21.4. The average Bonchev–Trinajstić information content (AvgIpc) is 2.16. The highest BCUT2D eigenvalue weighted by molar-refractivity contribution is 7.17. The molecule has 3 nitrogen and oxygen atoms in total. The Balaban J connectivity index is 2.51. The van der Waals surface area contributed by atoms with Crippen molar-refractivity contribution in [2.24, 2.45) is 0 Å². The van der Waals surface area contributed by atoms with Crippen molar-refractivity contribution in [2.45, 2.75) is 17.9 Å². The van der Waals surface area contributed by atoms with Crippen LogP contribution >= 0.6 is 9.24 Å². The van der Waals surface area contributed by atoms with E-state index in [9.17, 15) is 5.11 Å². The van der Waals surface area contributed by atoms with Crippen LogP contribution in [0.5, 0.6) is 0 Å². The first kappa shape index (κ1) is 7.42. The number of hydrogen-bond acceptors (Lipinski definition) is 3. The molecule has 1 fully saturated rings. The van der Waals surface area contributed by atoms with Gasteiger partial charge in [-0.05, 0) is 13.0 Å². The Labute approximate surface area is 56.7 Å². The first-order valence-corrected chi connectivity index (χ1v) is 3.68. The quantitative estimate of drug-likeness (QED) is 0.415. The highest BCUT2D eigenvalue weighted by atomic mass is 31.0. The Bertz CT molecular complexity index is 101. The van der Waals surface area contributed by atoms with Crippen LogP contribution in [0.2, 0.25) is 0 Å². The molecule has 54 valence electrons. The molecule has 1 heterocycles. The minimum atomic E-state index is -0.898. The first-order valence-electron chi connectivity index (χ1n) is 3.02. The maximum atomic E-state index is 9.44. The predicted octanol–water partition coefficient (Wildman–Crippen LogP) is -1.10. The number of nitrogens with one attached hydrogen (secondary N) is 1. The molecule has 4 heteroatoms. The van der Waals surface area contributed by atoms with E-state index in [1.807, 2.05) is 0 Å². The maximum absolute atomic E-state index is 9.44. The van der Waals surface area contributed by atoms with Crippen molar-refractivity contribution in [3.8, 4) is 0 Å². The molecule has 0 aliphatic carbocycles. The summed E-state index contributed by atoms with van der Waals surface area (Å²) in [7, 11) is 2.20. The van der Waals surface area contributed by atoms with E-state index in [1.54, 1.807) is 0 Å². The molecule has 9 heavy (non-hydrogen) atoms. The van der Waals surface area contributed by atoms with Gasteiger partial charge in [0.05, 0.1) is 5.85 Å². The summed E-state index contributed by atoms with van der Waals surface area (Å²) in [4.78, 5) is 0. The summed E-state index contributed by atoms with van der Waals surface area (Å²) in [6, 6.07) is 0. The second-order valence-electron chi connectivity index (χ2n) is 2.48. The largest absolute Gasteiger partial charge is 0.386 e.